The zero-order valence-corrected chi connectivity index (χ0v) is 16.0. The van der Waals surface area contributed by atoms with Crippen LogP contribution in [0.2, 0.25) is 5.02 Å². The van der Waals surface area contributed by atoms with Gasteiger partial charge < -0.3 is 10.1 Å². The zero-order chi connectivity index (χ0) is 19.4. The molecule has 0 fully saturated rings. The number of anilines is 2. The highest BCUT2D eigenvalue weighted by atomic mass is 35.5. The summed E-state index contributed by atoms with van der Waals surface area (Å²) in [5.41, 5.74) is 1.22. The lowest BCUT2D eigenvalue weighted by Crippen LogP contribution is -2.41. The molecule has 8 heteroatoms. The van der Waals surface area contributed by atoms with Gasteiger partial charge in [-0.05, 0) is 43.3 Å². The number of nitrogens with one attached hydrogen (secondary N) is 1. The Morgan fingerprint density at radius 1 is 1.22 bits per heavy atom. The van der Waals surface area contributed by atoms with E-state index in [-0.39, 0.29) is 18.2 Å². The third-order valence-corrected chi connectivity index (χ3v) is 5.18. The van der Waals surface area contributed by atoms with Crippen LogP contribution in [-0.4, -0.2) is 36.2 Å². The highest BCUT2D eigenvalue weighted by Crippen LogP contribution is 2.34. The molecular formula is C19H17ClN2O4S. The molecule has 27 heavy (non-hydrogen) atoms. The summed E-state index contributed by atoms with van der Waals surface area (Å²) in [7, 11) is 0. The van der Waals surface area contributed by atoms with Crippen LogP contribution in [0.15, 0.2) is 53.4 Å². The van der Waals surface area contributed by atoms with Crippen LogP contribution in [0.3, 0.4) is 0 Å². The van der Waals surface area contributed by atoms with Crippen LogP contribution >= 0.6 is 23.4 Å². The molecule has 0 saturated carbocycles. The zero-order valence-electron chi connectivity index (χ0n) is 14.5. The summed E-state index contributed by atoms with van der Waals surface area (Å²) in [5.74, 6) is -1.03. The molecule has 2 aromatic rings. The quantitative estimate of drug-likeness (QED) is 0.773. The second-order valence-corrected chi connectivity index (χ2v) is 7.32. The van der Waals surface area contributed by atoms with Gasteiger partial charge in [-0.25, -0.2) is 0 Å². The highest BCUT2D eigenvalue weighted by molar-refractivity contribution is 8.00. The van der Waals surface area contributed by atoms with Crippen molar-refractivity contribution in [2.45, 2.75) is 17.9 Å². The molecule has 0 saturated heterocycles. The van der Waals surface area contributed by atoms with E-state index in [2.05, 4.69) is 5.32 Å². The predicted molar refractivity (Wildman–Crippen MR) is 105 cm³/mol. The Kier molecular flexibility index (Phi) is 6.03. The van der Waals surface area contributed by atoms with Gasteiger partial charge in [-0.2, -0.15) is 0 Å². The van der Waals surface area contributed by atoms with E-state index in [0.717, 1.165) is 4.90 Å². The number of carbonyl (C=O) groups excluding carboxylic acids is 3. The summed E-state index contributed by atoms with van der Waals surface area (Å²) in [6.07, 6.45) is -1.00. The Labute approximate surface area is 165 Å². The fraction of sp³-hybridized carbons (Fsp3) is 0.211. The Morgan fingerprint density at radius 3 is 2.67 bits per heavy atom. The summed E-state index contributed by atoms with van der Waals surface area (Å²) in [6, 6.07) is 13.9. The van der Waals surface area contributed by atoms with E-state index in [9.17, 15) is 14.4 Å². The van der Waals surface area contributed by atoms with Gasteiger partial charge in [-0.1, -0.05) is 23.7 Å². The van der Waals surface area contributed by atoms with Gasteiger partial charge in [0.2, 0.25) is 5.91 Å². The van der Waals surface area contributed by atoms with Crippen molar-refractivity contribution >= 4 is 52.5 Å². The van der Waals surface area contributed by atoms with Crippen molar-refractivity contribution < 1.29 is 19.1 Å². The van der Waals surface area contributed by atoms with Crippen LogP contribution in [0, 0.1) is 0 Å². The molecule has 1 heterocycles. The molecule has 1 aliphatic rings. The number of ether oxygens (including phenoxy) is 1. The monoisotopic (exact) mass is 404 g/mol. The average molecular weight is 405 g/mol. The topological polar surface area (TPSA) is 75.7 Å². The van der Waals surface area contributed by atoms with Gasteiger partial charge in [0.1, 0.15) is 6.54 Å². The second-order valence-electron chi connectivity index (χ2n) is 5.86. The SMILES string of the molecule is C[C@@H](OC(=O)CN1C(=O)CSc2ccccc21)C(=O)Nc1ccc(Cl)cc1. The minimum absolute atomic E-state index is 0.172. The number of para-hydroxylation sites is 1. The van der Waals surface area contributed by atoms with Crippen molar-refractivity contribution in [3.63, 3.8) is 0 Å². The molecule has 140 valence electrons. The first-order chi connectivity index (χ1) is 12.9. The van der Waals surface area contributed by atoms with Crippen molar-refractivity contribution in [2.75, 3.05) is 22.5 Å². The Morgan fingerprint density at radius 2 is 1.93 bits per heavy atom. The van der Waals surface area contributed by atoms with Crippen LogP contribution < -0.4 is 10.2 Å². The third kappa shape index (κ3) is 4.81. The van der Waals surface area contributed by atoms with E-state index >= 15 is 0 Å². The number of amides is 2. The summed E-state index contributed by atoms with van der Waals surface area (Å²) in [5, 5.41) is 3.20. The van der Waals surface area contributed by atoms with Crippen molar-refractivity contribution in [1.29, 1.82) is 0 Å². The van der Waals surface area contributed by atoms with Gasteiger partial charge in [0.05, 0.1) is 11.4 Å². The van der Waals surface area contributed by atoms with Crippen LogP contribution in [0.5, 0.6) is 0 Å². The van der Waals surface area contributed by atoms with Crippen molar-refractivity contribution in [3.05, 3.63) is 53.6 Å². The molecule has 0 aliphatic carbocycles. The lowest BCUT2D eigenvalue weighted by molar-refractivity contribution is -0.152. The van der Waals surface area contributed by atoms with Crippen LogP contribution in [0.4, 0.5) is 11.4 Å². The number of benzene rings is 2. The molecule has 1 aliphatic heterocycles. The molecule has 3 rings (SSSR count). The van der Waals surface area contributed by atoms with Gasteiger partial charge >= 0.3 is 5.97 Å². The Balaban J connectivity index is 1.59. The largest absolute Gasteiger partial charge is 0.451 e. The van der Waals surface area contributed by atoms with Gasteiger partial charge in [-0.3, -0.25) is 19.3 Å². The Bertz CT molecular complexity index is 872. The lowest BCUT2D eigenvalue weighted by atomic mass is 10.2. The minimum Gasteiger partial charge on any atom is -0.451 e. The van der Waals surface area contributed by atoms with E-state index in [4.69, 9.17) is 16.3 Å². The summed E-state index contributed by atoms with van der Waals surface area (Å²) >= 11 is 7.24. The van der Waals surface area contributed by atoms with Gasteiger partial charge in [0.25, 0.3) is 5.91 Å². The molecule has 0 aromatic heterocycles. The molecule has 0 bridgehead atoms. The fourth-order valence-electron chi connectivity index (χ4n) is 2.52. The van der Waals surface area contributed by atoms with Crippen molar-refractivity contribution in [1.82, 2.24) is 0 Å². The molecular weight excluding hydrogens is 388 g/mol. The van der Waals surface area contributed by atoms with E-state index in [1.54, 1.807) is 36.4 Å². The first-order valence-corrected chi connectivity index (χ1v) is 9.58. The smallest absolute Gasteiger partial charge is 0.326 e. The number of fused-ring (bicyclic) bond motifs is 1. The van der Waals surface area contributed by atoms with Gasteiger partial charge in [0.15, 0.2) is 6.10 Å². The first kappa shape index (κ1) is 19.3. The molecule has 6 nitrogen and oxygen atoms in total. The first-order valence-electron chi connectivity index (χ1n) is 8.22. The minimum atomic E-state index is -1.00. The number of esters is 1. The summed E-state index contributed by atoms with van der Waals surface area (Å²) in [6.45, 7) is 1.24. The van der Waals surface area contributed by atoms with E-state index in [1.165, 1.54) is 23.6 Å². The number of hydrogen-bond donors (Lipinski definition) is 1. The maximum atomic E-state index is 12.3. The molecule has 2 aromatic carbocycles. The normalized spacial score (nSPS) is 14.3. The van der Waals surface area contributed by atoms with Crippen LogP contribution in [0.1, 0.15) is 6.92 Å². The number of thioether (sulfide) groups is 1. The summed E-state index contributed by atoms with van der Waals surface area (Å²) < 4.78 is 5.20. The maximum absolute atomic E-state index is 12.3. The maximum Gasteiger partial charge on any atom is 0.326 e. The third-order valence-electron chi connectivity index (χ3n) is 3.88. The average Bonchev–Trinajstić information content (AvgIpc) is 2.66. The fourth-order valence-corrected chi connectivity index (χ4v) is 3.58. The lowest BCUT2D eigenvalue weighted by Gasteiger charge is -2.28. The molecule has 0 unspecified atom stereocenters. The standard InChI is InChI=1S/C19H17ClN2O4S/c1-12(19(25)21-14-8-6-13(20)7-9-14)26-18(24)10-22-15-4-2-3-5-16(15)27-11-17(22)23/h2-9,12H,10-11H2,1H3,(H,21,25)/t12-/m1/s1. The molecule has 2 amide bonds. The number of carbonyl (C=O) groups is 3. The highest BCUT2D eigenvalue weighted by Gasteiger charge is 2.28. The second kappa shape index (κ2) is 8.45. The van der Waals surface area contributed by atoms with E-state index < -0.39 is 18.0 Å². The van der Waals surface area contributed by atoms with E-state index in [1.807, 2.05) is 12.1 Å². The number of nitrogens with zero attached hydrogens (tertiary/aromatic N) is 1. The molecule has 0 radical (unpaired) electrons. The van der Waals surface area contributed by atoms with Gasteiger partial charge in [-0.15, -0.1) is 11.8 Å². The molecule has 0 spiro atoms. The number of rotatable bonds is 5. The predicted octanol–water partition coefficient (Wildman–Crippen LogP) is 3.35. The summed E-state index contributed by atoms with van der Waals surface area (Å²) in [4.78, 5) is 38.9. The number of hydrogen-bond acceptors (Lipinski definition) is 5. The Hall–Kier alpha value is -2.51. The van der Waals surface area contributed by atoms with Crippen LogP contribution in [0.25, 0.3) is 0 Å². The molecule has 1 atom stereocenters. The van der Waals surface area contributed by atoms with Crippen molar-refractivity contribution in [3.8, 4) is 0 Å². The van der Waals surface area contributed by atoms with Gasteiger partial charge in [0, 0.05) is 15.6 Å². The number of halogens is 1. The molecule has 1 N–H and O–H groups in total. The van der Waals surface area contributed by atoms with Crippen molar-refractivity contribution in [2.24, 2.45) is 0 Å². The van der Waals surface area contributed by atoms with Crippen LogP contribution in [-0.2, 0) is 19.1 Å². The van der Waals surface area contributed by atoms with E-state index in [0.29, 0.717) is 16.4 Å².